The number of nitrogens with zero attached hydrogens (tertiary/aromatic N) is 1. The second-order valence-corrected chi connectivity index (χ2v) is 7.84. The molecule has 2 fully saturated rings. The fourth-order valence-electron chi connectivity index (χ4n) is 3.02. The summed E-state index contributed by atoms with van der Waals surface area (Å²) < 4.78 is 38.1. The first kappa shape index (κ1) is 18.1. The molecule has 0 spiro atoms. The maximum atomic E-state index is 12.5. The first-order chi connectivity index (χ1) is 12.0. The van der Waals surface area contributed by atoms with Crippen LogP contribution in [0.3, 0.4) is 0 Å². The van der Waals surface area contributed by atoms with Crippen molar-refractivity contribution in [3.05, 3.63) is 23.8 Å². The summed E-state index contributed by atoms with van der Waals surface area (Å²) in [7, 11) is -3.79. The number of ether oxygens (including phenoxy) is 2. The van der Waals surface area contributed by atoms with Crippen LogP contribution in [0.4, 0.5) is 5.69 Å². The second-order valence-electron chi connectivity index (χ2n) is 6.07. The molecule has 0 radical (unpaired) electrons. The molecule has 0 saturated carbocycles. The van der Waals surface area contributed by atoms with Gasteiger partial charge in [0.2, 0.25) is 10.0 Å². The Kier molecular flexibility index (Phi) is 5.57. The molecule has 0 bridgehead atoms. The van der Waals surface area contributed by atoms with Gasteiger partial charge in [0.1, 0.15) is 0 Å². The van der Waals surface area contributed by atoms with Gasteiger partial charge in [-0.15, -0.1) is 0 Å². The summed E-state index contributed by atoms with van der Waals surface area (Å²) in [5, 5.41) is 9.50. The molecule has 0 aliphatic carbocycles. The van der Waals surface area contributed by atoms with Crippen LogP contribution >= 0.6 is 0 Å². The Morgan fingerprint density at radius 1 is 1.28 bits per heavy atom. The summed E-state index contributed by atoms with van der Waals surface area (Å²) in [5.74, 6) is -1.15. The van der Waals surface area contributed by atoms with Crippen LogP contribution in [-0.4, -0.2) is 65.1 Å². The topological polar surface area (TPSA) is 105 Å². The third-order valence-electron chi connectivity index (χ3n) is 4.39. The highest BCUT2D eigenvalue weighted by atomic mass is 32.2. The van der Waals surface area contributed by atoms with Crippen LogP contribution < -0.4 is 9.62 Å². The zero-order chi connectivity index (χ0) is 17.9. The maximum Gasteiger partial charge on any atom is 0.337 e. The molecule has 8 nitrogen and oxygen atoms in total. The van der Waals surface area contributed by atoms with Crippen LogP contribution in [-0.2, 0) is 19.5 Å². The van der Waals surface area contributed by atoms with E-state index in [1.165, 1.54) is 12.1 Å². The van der Waals surface area contributed by atoms with Crippen LogP contribution in [0.15, 0.2) is 23.1 Å². The number of anilines is 1. The zero-order valence-corrected chi connectivity index (χ0v) is 14.6. The quantitative estimate of drug-likeness (QED) is 0.758. The van der Waals surface area contributed by atoms with Gasteiger partial charge in [-0.1, -0.05) is 0 Å². The van der Waals surface area contributed by atoms with Crippen LogP contribution in [0, 0.1) is 0 Å². The first-order valence-electron chi connectivity index (χ1n) is 8.29. The minimum absolute atomic E-state index is 0.0260. The first-order valence-corrected chi connectivity index (χ1v) is 9.77. The van der Waals surface area contributed by atoms with Crippen molar-refractivity contribution in [2.75, 3.05) is 44.4 Å². The number of sulfonamides is 1. The van der Waals surface area contributed by atoms with Crippen molar-refractivity contribution in [3.63, 3.8) is 0 Å². The lowest BCUT2D eigenvalue weighted by Crippen LogP contribution is -2.37. The molecule has 1 aromatic rings. The van der Waals surface area contributed by atoms with Gasteiger partial charge in [-0.25, -0.2) is 17.9 Å². The summed E-state index contributed by atoms with van der Waals surface area (Å²) >= 11 is 0. The smallest absolute Gasteiger partial charge is 0.337 e. The number of aromatic carboxylic acids is 1. The molecule has 2 heterocycles. The van der Waals surface area contributed by atoms with Gasteiger partial charge >= 0.3 is 5.97 Å². The summed E-state index contributed by atoms with van der Waals surface area (Å²) in [6.07, 6.45) is 1.62. The van der Waals surface area contributed by atoms with E-state index in [2.05, 4.69) is 4.72 Å². The highest BCUT2D eigenvalue weighted by Gasteiger charge is 2.24. The fourth-order valence-corrected chi connectivity index (χ4v) is 4.12. The Balaban J connectivity index is 1.81. The standard InChI is InChI=1S/C16H22N2O6S/c19-16(20)14-10-13(3-4-15(14)18-5-8-23-9-6-18)25(21,22)17-11-12-2-1-7-24-12/h3-4,10,12,17H,1-2,5-9,11H2,(H,19,20)/t12-/m0/s1. The molecule has 138 valence electrons. The normalized spacial score (nSPS) is 21.4. The molecular weight excluding hydrogens is 348 g/mol. The number of hydrogen-bond acceptors (Lipinski definition) is 6. The van der Waals surface area contributed by atoms with E-state index in [1.807, 2.05) is 4.90 Å². The van der Waals surface area contributed by atoms with Crippen molar-refractivity contribution in [2.45, 2.75) is 23.8 Å². The Labute approximate surface area is 146 Å². The highest BCUT2D eigenvalue weighted by Crippen LogP contribution is 2.25. The van der Waals surface area contributed by atoms with Gasteiger partial charge in [-0.3, -0.25) is 0 Å². The van der Waals surface area contributed by atoms with E-state index >= 15 is 0 Å². The molecule has 25 heavy (non-hydrogen) atoms. The largest absolute Gasteiger partial charge is 0.478 e. The zero-order valence-electron chi connectivity index (χ0n) is 13.8. The number of morpholine rings is 1. The van der Waals surface area contributed by atoms with Crippen LogP contribution in [0.1, 0.15) is 23.2 Å². The van der Waals surface area contributed by atoms with E-state index in [4.69, 9.17) is 9.47 Å². The maximum absolute atomic E-state index is 12.5. The lowest BCUT2D eigenvalue weighted by molar-refractivity contribution is 0.0696. The number of carboxylic acid groups (broad SMARTS) is 1. The molecule has 0 unspecified atom stereocenters. The highest BCUT2D eigenvalue weighted by molar-refractivity contribution is 7.89. The lowest BCUT2D eigenvalue weighted by atomic mass is 10.1. The monoisotopic (exact) mass is 370 g/mol. The predicted molar refractivity (Wildman–Crippen MR) is 90.6 cm³/mol. The number of benzene rings is 1. The summed E-state index contributed by atoms with van der Waals surface area (Å²) in [4.78, 5) is 13.5. The van der Waals surface area contributed by atoms with Gasteiger partial charge in [0, 0.05) is 26.2 Å². The SMILES string of the molecule is O=C(O)c1cc(S(=O)(=O)NC[C@@H]2CCCO2)ccc1N1CCOCC1. The van der Waals surface area contributed by atoms with E-state index in [-0.39, 0.29) is 23.1 Å². The third-order valence-corrected chi connectivity index (χ3v) is 5.81. The molecule has 3 rings (SSSR count). The van der Waals surface area contributed by atoms with Crippen molar-refractivity contribution >= 4 is 21.7 Å². The Bertz CT molecular complexity index is 724. The van der Waals surface area contributed by atoms with E-state index in [0.717, 1.165) is 12.8 Å². The van der Waals surface area contributed by atoms with E-state index < -0.39 is 16.0 Å². The van der Waals surface area contributed by atoms with Crippen molar-refractivity contribution in [1.29, 1.82) is 0 Å². The van der Waals surface area contributed by atoms with Gasteiger partial charge in [0.05, 0.1) is 35.5 Å². The van der Waals surface area contributed by atoms with Gasteiger partial charge in [-0.05, 0) is 31.0 Å². The molecule has 1 aromatic carbocycles. The van der Waals surface area contributed by atoms with Gasteiger partial charge < -0.3 is 19.5 Å². The lowest BCUT2D eigenvalue weighted by Gasteiger charge is -2.30. The van der Waals surface area contributed by atoms with Gasteiger partial charge in [0.15, 0.2) is 0 Å². The Morgan fingerprint density at radius 2 is 2.04 bits per heavy atom. The molecule has 2 saturated heterocycles. The second kappa shape index (κ2) is 7.69. The van der Waals surface area contributed by atoms with E-state index in [9.17, 15) is 18.3 Å². The molecule has 2 aliphatic rings. The number of nitrogens with one attached hydrogen (secondary N) is 1. The Morgan fingerprint density at radius 3 is 2.68 bits per heavy atom. The molecule has 9 heteroatoms. The van der Waals surface area contributed by atoms with Crippen LogP contribution in [0.2, 0.25) is 0 Å². The summed E-state index contributed by atoms with van der Waals surface area (Å²) in [6.45, 7) is 3.01. The minimum Gasteiger partial charge on any atom is -0.478 e. The third kappa shape index (κ3) is 4.30. The number of hydrogen-bond donors (Lipinski definition) is 2. The Hall–Kier alpha value is -1.68. The van der Waals surface area contributed by atoms with E-state index in [1.54, 1.807) is 6.07 Å². The summed E-state index contributed by atoms with van der Waals surface area (Å²) in [5.41, 5.74) is 0.482. The number of carbonyl (C=O) groups is 1. The van der Waals surface area contributed by atoms with Gasteiger partial charge in [-0.2, -0.15) is 0 Å². The van der Waals surface area contributed by atoms with Crippen molar-refractivity contribution in [3.8, 4) is 0 Å². The molecule has 2 N–H and O–H groups in total. The van der Waals surface area contributed by atoms with Crippen molar-refractivity contribution in [1.82, 2.24) is 4.72 Å². The summed E-state index contributed by atoms with van der Waals surface area (Å²) in [6, 6.07) is 4.20. The number of rotatable bonds is 6. The van der Waals surface area contributed by atoms with Crippen LogP contribution in [0.25, 0.3) is 0 Å². The fraction of sp³-hybridized carbons (Fsp3) is 0.562. The molecule has 0 aromatic heterocycles. The molecule has 0 amide bonds. The van der Waals surface area contributed by atoms with Crippen LogP contribution in [0.5, 0.6) is 0 Å². The number of carboxylic acids is 1. The van der Waals surface area contributed by atoms with Crippen molar-refractivity contribution in [2.24, 2.45) is 0 Å². The minimum atomic E-state index is -3.79. The van der Waals surface area contributed by atoms with E-state index in [0.29, 0.717) is 38.6 Å². The predicted octanol–water partition coefficient (Wildman–Crippen LogP) is 0.679. The average molecular weight is 370 g/mol. The molecular formula is C16H22N2O6S. The van der Waals surface area contributed by atoms with Crippen molar-refractivity contribution < 1.29 is 27.8 Å². The average Bonchev–Trinajstić information content (AvgIpc) is 3.14. The molecule has 2 aliphatic heterocycles. The molecule has 1 atom stereocenters. The van der Waals surface area contributed by atoms with Gasteiger partial charge in [0.25, 0.3) is 0 Å².